The van der Waals surface area contributed by atoms with E-state index in [0.717, 1.165) is 57.9 Å². The van der Waals surface area contributed by atoms with Crippen molar-refractivity contribution in [3.63, 3.8) is 0 Å². The minimum Gasteiger partial charge on any atom is -0.351 e. The number of nitrogens with one attached hydrogen (secondary N) is 2. The van der Waals surface area contributed by atoms with E-state index in [-0.39, 0.29) is 35.7 Å². The van der Waals surface area contributed by atoms with Gasteiger partial charge in [-0.3, -0.25) is 14.4 Å². The molecule has 188 valence electrons. The summed E-state index contributed by atoms with van der Waals surface area (Å²) in [6.07, 6.45) is 13.2. The summed E-state index contributed by atoms with van der Waals surface area (Å²) < 4.78 is 0. The Morgan fingerprint density at radius 3 is 2.26 bits per heavy atom. The molecule has 3 rings (SSSR count). The molecule has 3 atom stereocenters. The Morgan fingerprint density at radius 2 is 1.53 bits per heavy atom. The van der Waals surface area contributed by atoms with Gasteiger partial charge in [-0.05, 0) is 44.2 Å². The molecule has 0 bridgehead atoms. The Morgan fingerprint density at radius 1 is 0.853 bits per heavy atom. The molecule has 2 fully saturated rings. The number of hydrogen-bond donors (Lipinski definition) is 2. The summed E-state index contributed by atoms with van der Waals surface area (Å²) in [6.45, 7) is 3.49. The monoisotopic (exact) mass is 469 g/mol. The van der Waals surface area contributed by atoms with Crippen molar-refractivity contribution in [1.29, 1.82) is 0 Å². The average molecular weight is 470 g/mol. The minimum absolute atomic E-state index is 0.0305. The number of carbonyl (C=O) groups is 3. The Hall–Kier alpha value is -2.37. The van der Waals surface area contributed by atoms with Crippen LogP contribution in [0.25, 0.3) is 0 Å². The van der Waals surface area contributed by atoms with Crippen LogP contribution in [0.5, 0.6) is 0 Å². The normalized spacial score (nSPS) is 22.7. The van der Waals surface area contributed by atoms with E-state index in [1.54, 1.807) is 0 Å². The number of unbranched alkanes of at least 4 members (excludes halogenated alkanes) is 5. The van der Waals surface area contributed by atoms with Crippen LogP contribution in [0.15, 0.2) is 30.3 Å². The topological polar surface area (TPSA) is 78.5 Å². The van der Waals surface area contributed by atoms with Crippen molar-refractivity contribution in [2.24, 2.45) is 5.92 Å². The lowest BCUT2D eigenvalue weighted by molar-refractivity contribution is -0.136. The van der Waals surface area contributed by atoms with Crippen molar-refractivity contribution in [2.45, 2.75) is 102 Å². The Bertz CT molecular complexity index is 782. The first kappa shape index (κ1) is 26.2. The first-order valence-electron chi connectivity index (χ1n) is 13.5. The maximum Gasteiger partial charge on any atom is 0.251 e. The first-order chi connectivity index (χ1) is 16.6. The first-order valence-corrected chi connectivity index (χ1v) is 13.5. The van der Waals surface area contributed by atoms with Crippen molar-refractivity contribution in [3.8, 4) is 0 Å². The van der Waals surface area contributed by atoms with Crippen molar-refractivity contribution in [3.05, 3.63) is 35.9 Å². The van der Waals surface area contributed by atoms with Gasteiger partial charge in [0.1, 0.15) is 0 Å². The average Bonchev–Trinajstić information content (AvgIpc) is 2.87. The zero-order valence-electron chi connectivity index (χ0n) is 20.9. The highest BCUT2D eigenvalue weighted by Gasteiger charge is 2.33. The van der Waals surface area contributed by atoms with E-state index in [0.29, 0.717) is 18.5 Å². The van der Waals surface area contributed by atoms with Crippen LogP contribution in [0.1, 0.15) is 101 Å². The highest BCUT2D eigenvalue weighted by atomic mass is 16.2. The summed E-state index contributed by atoms with van der Waals surface area (Å²) in [7, 11) is 0. The van der Waals surface area contributed by atoms with E-state index in [1.165, 1.54) is 25.7 Å². The van der Waals surface area contributed by atoms with Gasteiger partial charge in [-0.25, -0.2) is 0 Å². The Kier molecular flexibility index (Phi) is 10.9. The zero-order chi connectivity index (χ0) is 24.2. The quantitative estimate of drug-likeness (QED) is 0.456. The molecule has 1 aliphatic carbocycles. The summed E-state index contributed by atoms with van der Waals surface area (Å²) in [4.78, 5) is 40.4. The predicted molar refractivity (Wildman–Crippen MR) is 135 cm³/mol. The summed E-state index contributed by atoms with van der Waals surface area (Å²) in [5.41, 5.74) is 0.643. The molecular formula is C28H43N3O3. The molecule has 1 aliphatic heterocycles. The lowest BCUT2D eigenvalue weighted by Gasteiger charge is -2.36. The summed E-state index contributed by atoms with van der Waals surface area (Å²) in [5, 5.41) is 6.38. The number of amides is 3. The molecule has 6 nitrogen and oxygen atoms in total. The number of rotatable bonds is 11. The largest absolute Gasteiger partial charge is 0.351 e. The highest BCUT2D eigenvalue weighted by molar-refractivity contribution is 5.94. The second-order valence-electron chi connectivity index (χ2n) is 10.0. The van der Waals surface area contributed by atoms with E-state index in [1.807, 2.05) is 35.2 Å². The van der Waals surface area contributed by atoms with Crippen LogP contribution in [0.4, 0.5) is 0 Å². The van der Waals surface area contributed by atoms with Crippen molar-refractivity contribution in [2.75, 3.05) is 13.1 Å². The summed E-state index contributed by atoms with van der Waals surface area (Å²) >= 11 is 0. The summed E-state index contributed by atoms with van der Waals surface area (Å²) in [6, 6.07) is 9.12. The van der Waals surface area contributed by atoms with E-state index in [4.69, 9.17) is 0 Å². The molecule has 34 heavy (non-hydrogen) atoms. The molecule has 0 aromatic heterocycles. The Labute approximate surface area is 205 Å². The molecule has 3 amide bonds. The molecule has 1 aromatic rings. The van der Waals surface area contributed by atoms with Gasteiger partial charge >= 0.3 is 0 Å². The van der Waals surface area contributed by atoms with Crippen molar-refractivity contribution >= 4 is 17.7 Å². The van der Waals surface area contributed by atoms with Gasteiger partial charge in [-0.2, -0.15) is 0 Å². The van der Waals surface area contributed by atoms with Crippen LogP contribution in [0, 0.1) is 5.92 Å². The van der Waals surface area contributed by atoms with Gasteiger partial charge in [-0.15, -0.1) is 0 Å². The molecule has 1 saturated carbocycles. The molecule has 2 aliphatic rings. The van der Waals surface area contributed by atoms with Gasteiger partial charge in [0.05, 0.1) is 5.92 Å². The fourth-order valence-corrected chi connectivity index (χ4v) is 5.25. The van der Waals surface area contributed by atoms with E-state index >= 15 is 0 Å². The fraction of sp³-hybridized carbons (Fsp3) is 0.679. The zero-order valence-corrected chi connectivity index (χ0v) is 20.9. The molecule has 1 heterocycles. The number of benzene rings is 1. The Balaban J connectivity index is 1.46. The van der Waals surface area contributed by atoms with Crippen LogP contribution < -0.4 is 10.6 Å². The fourth-order valence-electron chi connectivity index (χ4n) is 5.25. The molecule has 0 radical (unpaired) electrons. The highest BCUT2D eigenvalue weighted by Crippen LogP contribution is 2.22. The number of likely N-dealkylation sites (tertiary alicyclic amines) is 1. The molecule has 1 saturated heterocycles. The van der Waals surface area contributed by atoms with Gasteiger partial charge < -0.3 is 15.5 Å². The lowest BCUT2D eigenvalue weighted by atomic mass is 9.88. The number of piperidine rings is 1. The van der Waals surface area contributed by atoms with Crippen molar-refractivity contribution in [1.82, 2.24) is 15.5 Å². The van der Waals surface area contributed by atoms with Gasteiger partial charge in [-0.1, -0.05) is 70.1 Å². The second kappa shape index (κ2) is 14.1. The summed E-state index contributed by atoms with van der Waals surface area (Å²) in [5.74, 6) is -0.0212. The second-order valence-corrected chi connectivity index (χ2v) is 10.0. The van der Waals surface area contributed by atoms with Gasteiger partial charge in [0, 0.05) is 37.2 Å². The van der Waals surface area contributed by atoms with Crippen LogP contribution in [0.2, 0.25) is 0 Å². The van der Waals surface area contributed by atoms with E-state index < -0.39 is 0 Å². The standard InChI is InChI=1S/C28H43N3O3/c1-2-3-4-5-6-10-19-26(32)31-20-13-16-23(21-31)28(34)30-25-18-12-11-17-24(25)29-27(33)22-14-8-7-9-15-22/h7-9,14-15,23-25H,2-6,10-13,16-21H2,1H3,(H,29,33)(H,30,34)/t23-,24+,25+/m0/s1. The molecule has 0 unspecified atom stereocenters. The van der Waals surface area contributed by atoms with Crippen LogP contribution in [-0.4, -0.2) is 47.8 Å². The third kappa shape index (κ3) is 8.14. The van der Waals surface area contributed by atoms with Crippen molar-refractivity contribution < 1.29 is 14.4 Å². The maximum absolute atomic E-state index is 13.1. The number of nitrogens with zero attached hydrogens (tertiary/aromatic N) is 1. The van der Waals surface area contributed by atoms with Gasteiger partial charge in [0.15, 0.2) is 0 Å². The minimum atomic E-state index is -0.158. The molecule has 1 aromatic carbocycles. The van der Waals surface area contributed by atoms with Crippen LogP contribution in [0.3, 0.4) is 0 Å². The number of carbonyl (C=O) groups excluding carboxylic acids is 3. The third-order valence-corrected chi connectivity index (χ3v) is 7.34. The lowest BCUT2D eigenvalue weighted by Crippen LogP contribution is -2.55. The maximum atomic E-state index is 13.1. The molecule has 2 N–H and O–H groups in total. The SMILES string of the molecule is CCCCCCCCC(=O)N1CCC[C@H](C(=O)N[C@@H]2CCCC[C@H]2NC(=O)c2ccccc2)C1. The van der Waals surface area contributed by atoms with Crippen LogP contribution in [-0.2, 0) is 9.59 Å². The molecule has 0 spiro atoms. The van der Waals surface area contributed by atoms with Gasteiger partial charge in [0.2, 0.25) is 11.8 Å². The third-order valence-electron chi connectivity index (χ3n) is 7.34. The molecular weight excluding hydrogens is 426 g/mol. The smallest absolute Gasteiger partial charge is 0.251 e. The van der Waals surface area contributed by atoms with E-state index in [9.17, 15) is 14.4 Å². The van der Waals surface area contributed by atoms with Gasteiger partial charge in [0.25, 0.3) is 5.91 Å². The van der Waals surface area contributed by atoms with Crippen LogP contribution >= 0.6 is 0 Å². The molecule has 6 heteroatoms. The number of hydrogen-bond acceptors (Lipinski definition) is 3. The predicted octanol–water partition coefficient (Wildman–Crippen LogP) is 4.83. The van der Waals surface area contributed by atoms with E-state index in [2.05, 4.69) is 17.6 Å².